The zero-order chi connectivity index (χ0) is 24.8. The number of carbonyl (C=O) groups is 2. The van der Waals surface area contributed by atoms with Crippen LogP contribution in [0.3, 0.4) is 0 Å². The number of amides is 2. The lowest BCUT2D eigenvalue weighted by atomic mass is 10.1. The molecule has 0 aliphatic rings. The Kier molecular flexibility index (Phi) is 12.0. The molecule has 2 rings (SSSR count). The molecule has 0 heterocycles. The van der Waals surface area contributed by atoms with Gasteiger partial charge in [-0.25, -0.2) is 0 Å². The van der Waals surface area contributed by atoms with Crippen LogP contribution in [0.15, 0.2) is 48.5 Å². The minimum atomic E-state index is -0.0664. The zero-order valence-electron chi connectivity index (χ0n) is 21.1. The van der Waals surface area contributed by atoms with E-state index in [-0.39, 0.29) is 11.8 Å². The average Bonchev–Trinajstić information content (AvgIpc) is 2.83. The summed E-state index contributed by atoms with van der Waals surface area (Å²) in [6.45, 7) is 11.0. The van der Waals surface area contributed by atoms with E-state index in [2.05, 4.69) is 38.3 Å². The van der Waals surface area contributed by atoms with Crippen LogP contribution in [-0.2, 0) is 0 Å². The first-order chi connectivity index (χ1) is 16.3. The van der Waals surface area contributed by atoms with Crippen molar-refractivity contribution in [2.75, 3.05) is 26.3 Å². The lowest BCUT2D eigenvalue weighted by molar-refractivity contribution is 0.0943. The van der Waals surface area contributed by atoms with Gasteiger partial charge in [0.05, 0.1) is 13.2 Å². The molecule has 0 aromatic heterocycles. The van der Waals surface area contributed by atoms with E-state index in [0.29, 0.717) is 49.3 Å². The Bertz CT molecular complexity index is 787. The topological polar surface area (TPSA) is 76.7 Å². The van der Waals surface area contributed by atoms with Crippen LogP contribution in [0.1, 0.15) is 74.1 Å². The van der Waals surface area contributed by atoms with Gasteiger partial charge in [-0.1, -0.05) is 40.5 Å². The van der Waals surface area contributed by atoms with Gasteiger partial charge in [-0.2, -0.15) is 0 Å². The summed E-state index contributed by atoms with van der Waals surface area (Å²) in [6.07, 6.45) is 3.82. The Morgan fingerprint density at radius 3 is 1.29 bits per heavy atom. The number of hydrogen-bond donors (Lipinski definition) is 2. The summed E-state index contributed by atoms with van der Waals surface area (Å²) in [4.78, 5) is 24.5. The first-order valence-corrected chi connectivity index (χ1v) is 12.4. The molecule has 0 spiro atoms. The van der Waals surface area contributed by atoms with Gasteiger partial charge in [0.25, 0.3) is 11.8 Å². The predicted octanol–water partition coefficient (Wildman–Crippen LogP) is 5.48. The molecule has 2 amide bonds. The summed E-state index contributed by atoms with van der Waals surface area (Å²) < 4.78 is 11.3. The van der Waals surface area contributed by atoms with Crippen LogP contribution in [0.5, 0.6) is 11.5 Å². The molecule has 34 heavy (non-hydrogen) atoms. The summed E-state index contributed by atoms with van der Waals surface area (Å²) >= 11 is 0. The van der Waals surface area contributed by atoms with E-state index >= 15 is 0 Å². The fourth-order valence-electron chi connectivity index (χ4n) is 3.14. The second-order valence-corrected chi connectivity index (χ2v) is 9.38. The third kappa shape index (κ3) is 10.7. The smallest absolute Gasteiger partial charge is 0.251 e. The second kappa shape index (κ2) is 15.0. The molecule has 0 aliphatic carbocycles. The molecule has 6 nitrogen and oxygen atoms in total. The van der Waals surface area contributed by atoms with E-state index in [0.717, 1.165) is 37.2 Å². The van der Waals surface area contributed by atoms with E-state index in [4.69, 9.17) is 9.47 Å². The molecule has 2 aromatic rings. The van der Waals surface area contributed by atoms with Gasteiger partial charge < -0.3 is 20.1 Å². The highest BCUT2D eigenvalue weighted by atomic mass is 16.5. The van der Waals surface area contributed by atoms with Crippen molar-refractivity contribution in [3.05, 3.63) is 59.7 Å². The Hall–Kier alpha value is -3.02. The number of nitrogens with one attached hydrogen (secondary N) is 2. The molecule has 2 N–H and O–H groups in total. The number of unbranched alkanes of at least 4 members (excludes halogenated alkanes) is 3. The van der Waals surface area contributed by atoms with E-state index in [1.165, 1.54) is 0 Å². The zero-order valence-corrected chi connectivity index (χ0v) is 21.1. The lowest BCUT2D eigenvalue weighted by Gasteiger charge is -2.10. The van der Waals surface area contributed by atoms with Crippen molar-refractivity contribution in [1.82, 2.24) is 10.6 Å². The SMILES string of the molecule is CC(C)COc1ccc(C(=O)NCCCCCCNC(=O)c2ccc(OCC(C)C)cc2)cc1. The van der Waals surface area contributed by atoms with Crippen LogP contribution in [0.25, 0.3) is 0 Å². The summed E-state index contributed by atoms with van der Waals surface area (Å²) in [5.41, 5.74) is 1.28. The molecule has 0 radical (unpaired) electrons. The van der Waals surface area contributed by atoms with E-state index < -0.39 is 0 Å². The maximum Gasteiger partial charge on any atom is 0.251 e. The third-order valence-electron chi connectivity index (χ3n) is 5.07. The molecular weight excluding hydrogens is 428 g/mol. The van der Waals surface area contributed by atoms with Crippen LogP contribution in [0.2, 0.25) is 0 Å². The highest BCUT2D eigenvalue weighted by Crippen LogP contribution is 2.14. The normalized spacial score (nSPS) is 10.9. The molecule has 0 aliphatic heterocycles. The van der Waals surface area contributed by atoms with Crippen LogP contribution in [0.4, 0.5) is 0 Å². The highest BCUT2D eigenvalue weighted by Gasteiger charge is 2.07. The van der Waals surface area contributed by atoms with Crippen molar-refractivity contribution in [3.8, 4) is 11.5 Å². The van der Waals surface area contributed by atoms with Crippen LogP contribution in [0, 0.1) is 11.8 Å². The number of hydrogen-bond acceptors (Lipinski definition) is 4. The van der Waals surface area contributed by atoms with Crippen molar-refractivity contribution in [2.24, 2.45) is 11.8 Å². The maximum absolute atomic E-state index is 12.2. The quantitative estimate of drug-likeness (QED) is 0.340. The van der Waals surface area contributed by atoms with Gasteiger partial charge in [-0.15, -0.1) is 0 Å². The number of ether oxygens (including phenoxy) is 2. The minimum Gasteiger partial charge on any atom is -0.493 e. The monoisotopic (exact) mass is 468 g/mol. The van der Waals surface area contributed by atoms with Crippen molar-refractivity contribution >= 4 is 11.8 Å². The summed E-state index contributed by atoms with van der Waals surface area (Å²) in [7, 11) is 0. The van der Waals surface area contributed by atoms with E-state index in [1.54, 1.807) is 24.3 Å². The Balaban J connectivity index is 1.53. The van der Waals surface area contributed by atoms with Crippen molar-refractivity contribution in [1.29, 1.82) is 0 Å². The molecule has 0 saturated heterocycles. The fourth-order valence-corrected chi connectivity index (χ4v) is 3.14. The predicted molar refractivity (Wildman–Crippen MR) is 137 cm³/mol. The Labute approximate surface area is 204 Å². The molecule has 186 valence electrons. The number of benzene rings is 2. The Morgan fingerprint density at radius 1 is 0.618 bits per heavy atom. The summed E-state index contributed by atoms with van der Waals surface area (Å²) in [5, 5.41) is 5.92. The first kappa shape index (κ1) is 27.2. The molecule has 0 unspecified atom stereocenters. The molecule has 0 bridgehead atoms. The van der Waals surface area contributed by atoms with Gasteiger partial charge in [0.15, 0.2) is 0 Å². The van der Waals surface area contributed by atoms with Gasteiger partial charge in [-0.3, -0.25) is 9.59 Å². The lowest BCUT2D eigenvalue weighted by Crippen LogP contribution is -2.25. The van der Waals surface area contributed by atoms with Gasteiger partial charge in [-0.05, 0) is 73.2 Å². The minimum absolute atomic E-state index is 0.0664. The summed E-state index contributed by atoms with van der Waals surface area (Å²) in [6, 6.07) is 14.5. The van der Waals surface area contributed by atoms with Gasteiger partial charge in [0.2, 0.25) is 0 Å². The standard InChI is InChI=1S/C28H40N2O4/c1-21(2)19-33-25-13-9-23(10-14-25)27(31)29-17-7-5-6-8-18-30-28(32)24-11-15-26(16-12-24)34-20-22(3)4/h9-16,21-22H,5-8,17-20H2,1-4H3,(H,29,31)(H,30,32). The second-order valence-electron chi connectivity index (χ2n) is 9.38. The first-order valence-electron chi connectivity index (χ1n) is 12.4. The highest BCUT2D eigenvalue weighted by molar-refractivity contribution is 5.94. The van der Waals surface area contributed by atoms with Crippen LogP contribution in [-0.4, -0.2) is 38.1 Å². The van der Waals surface area contributed by atoms with Crippen molar-refractivity contribution in [3.63, 3.8) is 0 Å². The molecule has 0 fully saturated rings. The van der Waals surface area contributed by atoms with Gasteiger partial charge in [0, 0.05) is 24.2 Å². The van der Waals surface area contributed by atoms with Crippen LogP contribution >= 0.6 is 0 Å². The van der Waals surface area contributed by atoms with Gasteiger partial charge in [0.1, 0.15) is 11.5 Å². The largest absolute Gasteiger partial charge is 0.493 e. The van der Waals surface area contributed by atoms with Gasteiger partial charge >= 0.3 is 0 Å². The number of carbonyl (C=O) groups excluding carboxylic acids is 2. The summed E-state index contributed by atoms with van der Waals surface area (Å²) in [5.74, 6) is 2.36. The third-order valence-corrected chi connectivity index (χ3v) is 5.07. The molecule has 0 saturated carbocycles. The van der Waals surface area contributed by atoms with E-state index in [1.807, 2.05) is 24.3 Å². The van der Waals surface area contributed by atoms with E-state index in [9.17, 15) is 9.59 Å². The van der Waals surface area contributed by atoms with Crippen molar-refractivity contribution < 1.29 is 19.1 Å². The maximum atomic E-state index is 12.2. The number of rotatable bonds is 15. The molecule has 2 aromatic carbocycles. The Morgan fingerprint density at radius 2 is 0.971 bits per heavy atom. The molecular formula is C28H40N2O4. The molecule has 0 atom stereocenters. The average molecular weight is 469 g/mol. The molecule has 6 heteroatoms. The van der Waals surface area contributed by atoms with Crippen molar-refractivity contribution in [2.45, 2.75) is 53.4 Å². The van der Waals surface area contributed by atoms with Crippen LogP contribution < -0.4 is 20.1 Å². The fraction of sp³-hybridized carbons (Fsp3) is 0.500.